The molecule has 0 spiro atoms. The third-order valence-corrected chi connectivity index (χ3v) is 6.20. The van der Waals surface area contributed by atoms with Crippen LogP contribution in [0.15, 0.2) is 66.9 Å². The molecule has 4 aromatic rings. The number of rotatable bonds is 8. The number of aromatic nitrogens is 3. The quantitative estimate of drug-likeness (QED) is 0.322. The van der Waals surface area contributed by atoms with E-state index in [0.717, 1.165) is 48.6 Å². The Morgan fingerprint density at radius 1 is 0.971 bits per heavy atom. The van der Waals surface area contributed by atoms with Gasteiger partial charge in [0.1, 0.15) is 17.4 Å². The molecule has 0 radical (unpaired) electrons. The number of carbonyl (C=O) groups is 1. The standard InChI is InChI=1S/C27H30N6O/c1-2-28-25-17-26(29-21-8-11-23(34)12-9-21)32-27(31-25)30-22-10-13-24-20(16-22)14-15-33(24)18-19-6-4-3-5-7-19/h3-7,10,13-17,21H,2,8-9,11-12,18H2,1H3,(H3,28,29,30,31,32). The summed E-state index contributed by atoms with van der Waals surface area (Å²) < 4.78 is 2.26. The molecule has 1 aliphatic rings. The minimum absolute atomic E-state index is 0.260. The Hall–Kier alpha value is -3.87. The van der Waals surface area contributed by atoms with E-state index < -0.39 is 0 Å². The fraction of sp³-hybridized carbons (Fsp3) is 0.296. The van der Waals surface area contributed by atoms with Crippen molar-refractivity contribution in [1.29, 1.82) is 0 Å². The Kier molecular flexibility index (Phi) is 6.42. The average molecular weight is 455 g/mol. The summed E-state index contributed by atoms with van der Waals surface area (Å²) in [5.74, 6) is 2.42. The van der Waals surface area contributed by atoms with Crippen LogP contribution in [0.1, 0.15) is 38.2 Å². The predicted octanol–water partition coefficient (Wildman–Crippen LogP) is 5.58. The van der Waals surface area contributed by atoms with Crippen LogP contribution < -0.4 is 16.0 Å². The van der Waals surface area contributed by atoms with Gasteiger partial charge in [0.15, 0.2) is 0 Å². The molecule has 0 atom stereocenters. The summed E-state index contributed by atoms with van der Waals surface area (Å²) >= 11 is 0. The predicted molar refractivity (Wildman–Crippen MR) is 138 cm³/mol. The Bertz CT molecular complexity index is 1270. The minimum Gasteiger partial charge on any atom is -0.370 e. The fourth-order valence-corrected chi connectivity index (χ4v) is 4.47. The van der Waals surface area contributed by atoms with Crippen LogP contribution in [0.2, 0.25) is 0 Å². The lowest BCUT2D eigenvalue weighted by Crippen LogP contribution is -2.26. The lowest BCUT2D eigenvalue weighted by atomic mass is 9.94. The first kappa shape index (κ1) is 21.9. The number of Topliss-reactive ketones (excluding diaryl/α,β-unsaturated/α-hetero) is 1. The normalized spacial score (nSPS) is 14.3. The molecule has 5 rings (SSSR count). The fourth-order valence-electron chi connectivity index (χ4n) is 4.47. The van der Waals surface area contributed by atoms with Crippen LogP contribution in [0.3, 0.4) is 0 Å². The molecule has 0 saturated heterocycles. The summed E-state index contributed by atoms with van der Waals surface area (Å²) in [5, 5.41) is 11.3. The maximum atomic E-state index is 11.6. The Labute approximate surface area is 199 Å². The molecule has 2 aromatic carbocycles. The first-order valence-corrected chi connectivity index (χ1v) is 12.0. The molecule has 0 bridgehead atoms. The highest BCUT2D eigenvalue weighted by Crippen LogP contribution is 2.25. The number of ketones is 1. The van der Waals surface area contributed by atoms with Crippen molar-refractivity contribution in [3.63, 3.8) is 0 Å². The van der Waals surface area contributed by atoms with Crippen LogP contribution in [0, 0.1) is 0 Å². The zero-order valence-corrected chi connectivity index (χ0v) is 19.4. The second-order valence-corrected chi connectivity index (χ2v) is 8.78. The monoisotopic (exact) mass is 454 g/mol. The van der Waals surface area contributed by atoms with Gasteiger partial charge in [-0.3, -0.25) is 4.79 Å². The number of fused-ring (bicyclic) bond motifs is 1. The van der Waals surface area contributed by atoms with Gasteiger partial charge in [-0.2, -0.15) is 9.97 Å². The Balaban J connectivity index is 1.34. The lowest BCUT2D eigenvalue weighted by molar-refractivity contribution is -0.120. The summed E-state index contributed by atoms with van der Waals surface area (Å²) in [6.07, 6.45) is 5.09. The number of nitrogens with one attached hydrogen (secondary N) is 3. The van der Waals surface area contributed by atoms with Crippen molar-refractivity contribution in [2.45, 2.75) is 45.2 Å². The number of benzene rings is 2. The molecular weight excluding hydrogens is 424 g/mol. The van der Waals surface area contributed by atoms with E-state index in [-0.39, 0.29) is 6.04 Å². The van der Waals surface area contributed by atoms with E-state index >= 15 is 0 Å². The van der Waals surface area contributed by atoms with Crippen molar-refractivity contribution in [2.75, 3.05) is 22.5 Å². The Morgan fingerprint density at radius 2 is 1.76 bits per heavy atom. The number of nitrogens with zero attached hydrogens (tertiary/aromatic N) is 3. The van der Waals surface area contributed by atoms with Crippen molar-refractivity contribution in [3.05, 3.63) is 72.4 Å². The van der Waals surface area contributed by atoms with E-state index in [9.17, 15) is 4.79 Å². The van der Waals surface area contributed by atoms with E-state index in [0.29, 0.717) is 24.6 Å². The molecule has 34 heavy (non-hydrogen) atoms. The van der Waals surface area contributed by atoms with Crippen LogP contribution in [-0.2, 0) is 11.3 Å². The first-order valence-electron chi connectivity index (χ1n) is 12.0. The summed E-state index contributed by atoms with van der Waals surface area (Å²) in [5.41, 5.74) is 3.40. The molecular formula is C27H30N6O. The SMILES string of the molecule is CCNc1cc(NC2CCC(=O)CC2)nc(Nc2ccc3c(ccn3Cc3ccccc3)c2)n1. The molecule has 1 fully saturated rings. The summed E-state index contributed by atoms with van der Waals surface area (Å²) in [6, 6.07) is 21.1. The molecule has 3 N–H and O–H groups in total. The van der Waals surface area contributed by atoms with Gasteiger partial charge in [-0.15, -0.1) is 0 Å². The van der Waals surface area contributed by atoms with Crippen LogP contribution >= 0.6 is 0 Å². The lowest BCUT2D eigenvalue weighted by Gasteiger charge is -2.23. The summed E-state index contributed by atoms with van der Waals surface area (Å²) in [7, 11) is 0. The molecule has 2 aromatic heterocycles. The average Bonchev–Trinajstić information content (AvgIpc) is 3.23. The molecule has 2 heterocycles. The summed E-state index contributed by atoms with van der Waals surface area (Å²) in [4.78, 5) is 20.9. The zero-order chi connectivity index (χ0) is 23.3. The molecule has 0 aliphatic heterocycles. The largest absolute Gasteiger partial charge is 0.370 e. The van der Waals surface area contributed by atoms with Crippen molar-refractivity contribution in [2.24, 2.45) is 0 Å². The van der Waals surface area contributed by atoms with E-state index in [1.54, 1.807) is 0 Å². The smallest absolute Gasteiger partial charge is 0.231 e. The topological polar surface area (TPSA) is 83.9 Å². The van der Waals surface area contributed by atoms with Gasteiger partial charge in [0.2, 0.25) is 5.95 Å². The third kappa shape index (κ3) is 5.20. The van der Waals surface area contributed by atoms with E-state index in [4.69, 9.17) is 4.98 Å². The number of anilines is 4. The van der Waals surface area contributed by atoms with Crippen LogP contribution in [0.5, 0.6) is 0 Å². The van der Waals surface area contributed by atoms with Crippen LogP contribution in [-0.4, -0.2) is 32.9 Å². The van der Waals surface area contributed by atoms with Gasteiger partial charge in [0, 0.05) is 60.8 Å². The molecule has 7 nitrogen and oxygen atoms in total. The molecule has 0 unspecified atom stereocenters. The molecule has 1 saturated carbocycles. The highest BCUT2D eigenvalue weighted by Gasteiger charge is 2.19. The third-order valence-electron chi connectivity index (χ3n) is 6.20. The molecule has 7 heteroatoms. The molecule has 174 valence electrons. The maximum Gasteiger partial charge on any atom is 0.231 e. The van der Waals surface area contributed by atoms with Crippen LogP contribution in [0.25, 0.3) is 10.9 Å². The molecule has 0 amide bonds. The van der Waals surface area contributed by atoms with Gasteiger partial charge in [0.25, 0.3) is 0 Å². The molecule has 1 aliphatic carbocycles. The highest BCUT2D eigenvalue weighted by molar-refractivity contribution is 5.84. The van der Waals surface area contributed by atoms with Crippen molar-refractivity contribution in [3.8, 4) is 0 Å². The Morgan fingerprint density at radius 3 is 2.56 bits per heavy atom. The van der Waals surface area contributed by atoms with Gasteiger partial charge < -0.3 is 20.5 Å². The maximum absolute atomic E-state index is 11.6. The number of hydrogen-bond donors (Lipinski definition) is 3. The van der Waals surface area contributed by atoms with Gasteiger partial charge in [-0.1, -0.05) is 30.3 Å². The van der Waals surface area contributed by atoms with Gasteiger partial charge in [0.05, 0.1) is 0 Å². The summed E-state index contributed by atoms with van der Waals surface area (Å²) in [6.45, 7) is 3.66. The minimum atomic E-state index is 0.260. The second-order valence-electron chi connectivity index (χ2n) is 8.78. The van der Waals surface area contributed by atoms with Gasteiger partial charge >= 0.3 is 0 Å². The number of carbonyl (C=O) groups excluding carboxylic acids is 1. The zero-order valence-electron chi connectivity index (χ0n) is 19.4. The van der Waals surface area contributed by atoms with Crippen molar-refractivity contribution >= 4 is 40.0 Å². The van der Waals surface area contributed by atoms with Crippen molar-refractivity contribution < 1.29 is 4.79 Å². The van der Waals surface area contributed by atoms with E-state index in [2.05, 4.69) is 80.2 Å². The second kappa shape index (κ2) is 9.95. The van der Waals surface area contributed by atoms with Gasteiger partial charge in [-0.25, -0.2) is 0 Å². The number of hydrogen-bond acceptors (Lipinski definition) is 6. The highest BCUT2D eigenvalue weighted by atomic mass is 16.1. The van der Waals surface area contributed by atoms with Crippen LogP contribution in [0.4, 0.5) is 23.3 Å². The van der Waals surface area contributed by atoms with E-state index in [1.165, 1.54) is 11.1 Å². The van der Waals surface area contributed by atoms with Crippen molar-refractivity contribution in [1.82, 2.24) is 14.5 Å². The van der Waals surface area contributed by atoms with E-state index in [1.807, 2.05) is 19.1 Å². The first-order chi connectivity index (χ1) is 16.7. The van der Waals surface area contributed by atoms with Gasteiger partial charge in [-0.05, 0) is 49.6 Å².